The fourth-order valence-corrected chi connectivity index (χ4v) is 3.71. The molecule has 1 fully saturated rings. The lowest BCUT2D eigenvalue weighted by Gasteiger charge is -2.29. The molecule has 3 aromatic rings. The van der Waals surface area contributed by atoms with Crippen LogP contribution >= 0.6 is 0 Å². The number of hydrogen-bond acceptors (Lipinski definition) is 5. The lowest BCUT2D eigenvalue weighted by molar-refractivity contribution is 0.122. The maximum atomic E-state index is 6.05. The van der Waals surface area contributed by atoms with E-state index >= 15 is 0 Å². The van der Waals surface area contributed by atoms with E-state index < -0.39 is 0 Å². The average Bonchev–Trinajstić information content (AvgIpc) is 2.84. The number of morpholine rings is 1. The molecule has 1 aliphatic rings. The van der Waals surface area contributed by atoms with Crippen molar-refractivity contribution < 1.29 is 14.2 Å². The van der Waals surface area contributed by atoms with E-state index in [0.717, 1.165) is 61.2 Å². The van der Waals surface area contributed by atoms with E-state index in [0.29, 0.717) is 13.2 Å². The van der Waals surface area contributed by atoms with Crippen LogP contribution in [0.5, 0.6) is 11.5 Å². The van der Waals surface area contributed by atoms with Crippen LogP contribution in [0, 0.1) is 6.92 Å². The van der Waals surface area contributed by atoms with Crippen molar-refractivity contribution in [2.24, 2.45) is 0 Å². The van der Waals surface area contributed by atoms with Crippen LogP contribution in [0.25, 0.3) is 0 Å². The molecule has 0 amide bonds. The monoisotopic (exact) mass is 432 g/mol. The van der Waals surface area contributed by atoms with Gasteiger partial charge in [0.1, 0.15) is 6.61 Å². The zero-order valence-corrected chi connectivity index (χ0v) is 19.0. The second-order valence-electron chi connectivity index (χ2n) is 7.99. The Morgan fingerprint density at radius 2 is 1.56 bits per heavy atom. The van der Waals surface area contributed by atoms with Gasteiger partial charge >= 0.3 is 0 Å². The number of anilines is 2. The van der Waals surface area contributed by atoms with Gasteiger partial charge in [-0.2, -0.15) is 0 Å². The third-order valence-electron chi connectivity index (χ3n) is 5.56. The summed E-state index contributed by atoms with van der Waals surface area (Å²) in [5.74, 6) is 1.55. The van der Waals surface area contributed by atoms with Crippen LogP contribution in [-0.4, -0.2) is 32.9 Å². The van der Waals surface area contributed by atoms with Gasteiger partial charge in [0.15, 0.2) is 11.5 Å². The summed E-state index contributed by atoms with van der Waals surface area (Å²) in [6, 6.07) is 23.1. The Balaban J connectivity index is 1.35. The van der Waals surface area contributed by atoms with E-state index in [4.69, 9.17) is 14.2 Å². The standard InChI is InChI=1S/C27H32N2O3/c1-3-31-27-18-23(8-13-26(27)32-20-22-6-4-21(2)5-7-22)19-28-24-9-11-25(12-10-24)29-14-16-30-17-15-29/h4-13,18,28H,3,14-17,19-20H2,1-2H3. The number of hydrogen-bond donors (Lipinski definition) is 1. The topological polar surface area (TPSA) is 43.0 Å². The normalized spacial score (nSPS) is 13.6. The van der Waals surface area contributed by atoms with Crippen molar-refractivity contribution in [3.05, 3.63) is 83.4 Å². The van der Waals surface area contributed by atoms with Crippen LogP contribution in [0.1, 0.15) is 23.6 Å². The smallest absolute Gasteiger partial charge is 0.161 e. The van der Waals surface area contributed by atoms with Gasteiger partial charge in [0, 0.05) is 31.0 Å². The fraction of sp³-hybridized carbons (Fsp3) is 0.333. The number of aryl methyl sites for hydroxylation is 1. The molecule has 0 unspecified atom stereocenters. The van der Waals surface area contributed by atoms with Gasteiger partial charge in [-0.25, -0.2) is 0 Å². The minimum atomic E-state index is 0.521. The van der Waals surface area contributed by atoms with Gasteiger partial charge < -0.3 is 24.4 Å². The molecule has 0 saturated carbocycles. The molecule has 5 nitrogen and oxygen atoms in total. The molecular formula is C27H32N2O3. The van der Waals surface area contributed by atoms with Crippen molar-refractivity contribution in [2.75, 3.05) is 43.1 Å². The molecule has 1 heterocycles. The van der Waals surface area contributed by atoms with E-state index in [2.05, 4.69) is 77.8 Å². The summed E-state index contributed by atoms with van der Waals surface area (Å²) in [5.41, 5.74) is 5.88. The van der Waals surface area contributed by atoms with Gasteiger partial charge in [0.25, 0.3) is 0 Å². The Morgan fingerprint density at radius 3 is 2.28 bits per heavy atom. The van der Waals surface area contributed by atoms with Crippen molar-refractivity contribution in [1.29, 1.82) is 0 Å². The molecular weight excluding hydrogens is 400 g/mol. The quantitative estimate of drug-likeness (QED) is 0.489. The van der Waals surface area contributed by atoms with Crippen molar-refractivity contribution in [3.8, 4) is 11.5 Å². The summed E-state index contributed by atoms with van der Waals surface area (Å²) >= 11 is 0. The van der Waals surface area contributed by atoms with Crippen molar-refractivity contribution in [2.45, 2.75) is 27.0 Å². The van der Waals surface area contributed by atoms with Crippen molar-refractivity contribution >= 4 is 11.4 Å². The molecule has 0 atom stereocenters. The van der Waals surface area contributed by atoms with E-state index in [1.807, 2.05) is 13.0 Å². The second-order valence-corrected chi connectivity index (χ2v) is 7.99. The number of rotatable bonds is 9. The van der Waals surface area contributed by atoms with Crippen LogP contribution < -0.4 is 19.7 Å². The SMILES string of the molecule is CCOc1cc(CNc2ccc(N3CCOCC3)cc2)ccc1OCc1ccc(C)cc1. The lowest BCUT2D eigenvalue weighted by atomic mass is 10.1. The third kappa shape index (κ3) is 5.95. The highest BCUT2D eigenvalue weighted by Gasteiger charge is 2.11. The van der Waals surface area contributed by atoms with Crippen LogP contribution in [0.2, 0.25) is 0 Å². The fourth-order valence-electron chi connectivity index (χ4n) is 3.71. The zero-order valence-electron chi connectivity index (χ0n) is 19.0. The minimum absolute atomic E-state index is 0.521. The predicted octanol–water partition coefficient (Wildman–Crippen LogP) is 5.42. The number of benzene rings is 3. The van der Waals surface area contributed by atoms with Crippen LogP contribution in [-0.2, 0) is 17.9 Å². The van der Waals surface area contributed by atoms with E-state index in [1.165, 1.54) is 11.3 Å². The maximum Gasteiger partial charge on any atom is 0.161 e. The Kier molecular flexibility index (Phi) is 7.51. The number of ether oxygens (including phenoxy) is 3. The number of nitrogens with zero attached hydrogens (tertiary/aromatic N) is 1. The predicted molar refractivity (Wildman–Crippen MR) is 130 cm³/mol. The molecule has 32 heavy (non-hydrogen) atoms. The first kappa shape index (κ1) is 22.0. The molecule has 168 valence electrons. The third-order valence-corrected chi connectivity index (χ3v) is 5.56. The highest BCUT2D eigenvalue weighted by molar-refractivity contribution is 5.55. The van der Waals surface area contributed by atoms with Crippen LogP contribution in [0.3, 0.4) is 0 Å². The van der Waals surface area contributed by atoms with Gasteiger partial charge in [0.05, 0.1) is 19.8 Å². The molecule has 0 aliphatic carbocycles. The zero-order chi connectivity index (χ0) is 22.2. The molecule has 1 saturated heterocycles. The van der Waals surface area contributed by atoms with Crippen molar-refractivity contribution in [3.63, 3.8) is 0 Å². The van der Waals surface area contributed by atoms with E-state index in [-0.39, 0.29) is 0 Å². The lowest BCUT2D eigenvalue weighted by Crippen LogP contribution is -2.36. The highest BCUT2D eigenvalue weighted by Crippen LogP contribution is 2.30. The summed E-state index contributed by atoms with van der Waals surface area (Å²) in [6.07, 6.45) is 0. The molecule has 0 aromatic heterocycles. The van der Waals surface area contributed by atoms with Crippen LogP contribution in [0.15, 0.2) is 66.7 Å². The molecule has 3 aromatic carbocycles. The second kappa shape index (κ2) is 10.9. The average molecular weight is 433 g/mol. The summed E-state index contributed by atoms with van der Waals surface area (Å²) < 4.78 is 17.3. The Morgan fingerprint density at radius 1 is 0.844 bits per heavy atom. The summed E-state index contributed by atoms with van der Waals surface area (Å²) in [7, 11) is 0. The highest BCUT2D eigenvalue weighted by atomic mass is 16.5. The molecule has 5 heteroatoms. The minimum Gasteiger partial charge on any atom is -0.490 e. The van der Waals surface area contributed by atoms with E-state index in [1.54, 1.807) is 0 Å². The van der Waals surface area contributed by atoms with E-state index in [9.17, 15) is 0 Å². The summed E-state index contributed by atoms with van der Waals surface area (Å²) in [5, 5.41) is 3.50. The molecule has 1 N–H and O–H groups in total. The Hall–Kier alpha value is -3.18. The first-order valence-corrected chi connectivity index (χ1v) is 11.3. The van der Waals surface area contributed by atoms with Gasteiger partial charge in [-0.3, -0.25) is 0 Å². The maximum absolute atomic E-state index is 6.05. The molecule has 0 radical (unpaired) electrons. The summed E-state index contributed by atoms with van der Waals surface area (Å²) in [4.78, 5) is 2.36. The summed E-state index contributed by atoms with van der Waals surface area (Å²) in [6.45, 7) is 9.41. The molecule has 0 spiro atoms. The Bertz CT molecular complexity index is 981. The Labute approximate surface area is 190 Å². The van der Waals surface area contributed by atoms with Gasteiger partial charge in [-0.1, -0.05) is 35.9 Å². The molecule has 1 aliphatic heterocycles. The van der Waals surface area contributed by atoms with Crippen molar-refractivity contribution in [1.82, 2.24) is 0 Å². The number of nitrogens with one attached hydrogen (secondary N) is 1. The largest absolute Gasteiger partial charge is 0.490 e. The van der Waals surface area contributed by atoms with Gasteiger partial charge in [-0.15, -0.1) is 0 Å². The van der Waals surface area contributed by atoms with Crippen LogP contribution in [0.4, 0.5) is 11.4 Å². The first-order valence-electron chi connectivity index (χ1n) is 11.3. The molecule has 0 bridgehead atoms. The van der Waals surface area contributed by atoms with Gasteiger partial charge in [0.2, 0.25) is 0 Å². The first-order chi connectivity index (χ1) is 15.7. The molecule has 4 rings (SSSR count). The van der Waals surface area contributed by atoms with Gasteiger partial charge in [-0.05, 0) is 61.4 Å².